The Bertz CT molecular complexity index is 901. The molecular formula is C21H23FN4O. The lowest BCUT2D eigenvalue weighted by atomic mass is 9.90. The number of nitriles is 1. The number of hydrogen-bond donors (Lipinski definition) is 2. The van der Waals surface area contributed by atoms with Gasteiger partial charge in [-0.15, -0.1) is 0 Å². The van der Waals surface area contributed by atoms with Gasteiger partial charge in [0.2, 0.25) is 0 Å². The van der Waals surface area contributed by atoms with Gasteiger partial charge in [-0.3, -0.25) is 4.99 Å². The molecule has 0 aliphatic carbocycles. The minimum atomic E-state index is -0.352. The Labute approximate surface area is 158 Å². The fourth-order valence-corrected chi connectivity index (χ4v) is 3.25. The van der Waals surface area contributed by atoms with Crippen LogP contribution in [0.15, 0.2) is 47.5 Å². The number of guanidine groups is 1. The van der Waals surface area contributed by atoms with E-state index in [0.29, 0.717) is 17.1 Å². The number of nitrogens with one attached hydrogen (secondary N) is 2. The Kier molecular flexibility index (Phi) is 5.31. The molecule has 5 nitrogen and oxygen atoms in total. The molecule has 1 heterocycles. The van der Waals surface area contributed by atoms with Gasteiger partial charge in [-0.1, -0.05) is 18.2 Å². The number of rotatable bonds is 3. The molecule has 0 amide bonds. The molecule has 2 N–H and O–H groups in total. The highest BCUT2D eigenvalue weighted by Crippen LogP contribution is 2.39. The van der Waals surface area contributed by atoms with Gasteiger partial charge in [0.1, 0.15) is 17.2 Å². The molecule has 0 fully saturated rings. The molecule has 3 rings (SSSR count). The zero-order valence-corrected chi connectivity index (χ0v) is 15.7. The summed E-state index contributed by atoms with van der Waals surface area (Å²) in [6.45, 7) is 4.34. The summed E-state index contributed by atoms with van der Waals surface area (Å²) < 4.78 is 20.0. The van der Waals surface area contributed by atoms with E-state index >= 15 is 0 Å². The summed E-state index contributed by atoms with van der Waals surface area (Å²) in [7, 11) is 1.67. The molecule has 2 aromatic rings. The number of benzene rings is 2. The topological polar surface area (TPSA) is 69.4 Å². The van der Waals surface area contributed by atoms with E-state index in [1.807, 2.05) is 30.3 Å². The van der Waals surface area contributed by atoms with Gasteiger partial charge in [-0.25, -0.2) is 4.39 Å². The lowest BCUT2D eigenvalue weighted by Gasteiger charge is -2.38. The number of halogens is 1. The third-order valence-electron chi connectivity index (χ3n) is 4.53. The van der Waals surface area contributed by atoms with E-state index in [4.69, 9.17) is 10.00 Å². The van der Waals surface area contributed by atoms with Gasteiger partial charge < -0.3 is 15.4 Å². The average Bonchev–Trinajstić information content (AvgIpc) is 2.65. The minimum absolute atomic E-state index is 0.0199. The van der Waals surface area contributed by atoms with Crippen LogP contribution in [0.1, 0.15) is 43.0 Å². The number of hydrogen-bond acceptors (Lipinski definition) is 3. The highest BCUT2D eigenvalue weighted by atomic mass is 19.1. The summed E-state index contributed by atoms with van der Waals surface area (Å²) in [6.07, 6.45) is 0.767. The first-order valence-corrected chi connectivity index (χ1v) is 8.85. The summed E-state index contributed by atoms with van der Waals surface area (Å²) in [5.41, 5.74) is 1.61. The van der Waals surface area contributed by atoms with Gasteiger partial charge in [0.15, 0.2) is 5.96 Å². The van der Waals surface area contributed by atoms with Gasteiger partial charge in [0.25, 0.3) is 0 Å². The SMILES string of the molecule is CN=C(NCc1cc(C#N)ccc1F)NC1CC(C)(C)Oc2ccccc21. The van der Waals surface area contributed by atoms with Crippen molar-refractivity contribution in [1.82, 2.24) is 10.6 Å². The largest absolute Gasteiger partial charge is 0.487 e. The van der Waals surface area contributed by atoms with E-state index in [2.05, 4.69) is 29.5 Å². The van der Waals surface area contributed by atoms with Crippen LogP contribution in [0.25, 0.3) is 0 Å². The summed E-state index contributed by atoms with van der Waals surface area (Å²) in [5, 5.41) is 15.5. The van der Waals surface area contributed by atoms with Crippen molar-refractivity contribution < 1.29 is 9.13 Å². The van der Waals surface area contributed by atoms with Crippen LogP contribution in [0.4, 0.5) is 4.39 Å². The predicted molar refractivity (Wildman–Crippen MR) is 103 cm³/mol. The van der Waals surface area contributed by atoms with Gasteiger partial charge in [0.05, 0.1) is 17.7 Å². The minimum Gasteiger partial charge on any atom is -0.487 e. The van der Waals surface area contributed by atoms with Crippen molar-refractivity contribution in [2.24, 2.45) is 4.99 Å². The van der Waals surface area contributed by atoms with Gasteiger partial charge in [0, 0.05) is 31.1 Å². The normalized spacial score (nSPS) is 18.0. The molecule has 0 spiro atoms. The summed E-state index contributed by atoms with van der Waals surface area (Å²) in [6, 6.07) is 14.3. The summed E-state index contributed by atoms with van der Waals surface area (Å²) >= 11 is 0. The summed E-state index contributed by atoms with van der Waals surface area (Å²) in [4.78, 5) is 4.26. The van der Waals surface area contributed by atoms with E-state index < -0.39 is 0 Å². The van der Waals surface area contributed by atoms with Crippen LogP contribution in [0, 0.1) is 17.1 Å². The fourth-order valence-electron chi connectivity index (χ4n) is 3.25. The molecule has 0 bridgehead atoms. The third kappa shape index (κ3) is 4.37. The molecule has 140 valence electrons. The van der Waals surface area contributed by atoms with E-state index in [9.17, 15) is 4.39 Å². The van der Waals surface area contributed by atoms with Crippen LogP contribution in [0.5, 0.6) is 5.75 Å². The molecule has 1 unspecified atom stereocenters. The standard InChI is InChI=1S/C21H23FN4O/c1-21(2)11-18(16-6-4-5-7-19(16)27-21)26-20(24-3)25-13-15-10-14(12-23)8-9-17(15)22/h4-10,18H,11,13H2,1-3H3,(H2,24,25,26). The highest BCUT2D eigenvalue weighted by Gasteiger charge is 2.33. The monoisotopic (exact) mass is 366 g/mol. The summed E-state index contributed by atoms with van der Waals surface area (Å²) in [5.74, 6) is 1.07. The Hall–Kier alpha value is -3.07. The van der Waals surface area contributed by atoms with E-state index in [1.165, 1.54) is 12.1 Å². The van der Waals surface area contributed by atoms with Crippen LogP contribution in [-0.2, 0) is 6.54 Å². The molecule has 2 aromatic carbocycles. The molecule has 0 aromatic heterocycles. The van der Waals surface area contributed by atoms with Gasteiger partial charge in [-0.05, 0) is 38.1 Å². The number of fused-ring (bicyclic) bond motifs is 1. The molecule has 0 saturated heterocycles. The first-order valence-electron chi connectivity index (χ1n) is 8.85. The molecule has 0 radical (unpaired) electrons. The quantitative estimate of drug-likeness (QED) is 0.642. The van der Waals surface area contributed by atoms with E-state index in [1.54, 1.807) is 13.1 Å². The van der Waals surface area contributed by atoms with Crippen molar-refractivity contribution in [3.63, 3.8) is 0 Å². The second-order valence-electron chi connectivity index (χ2n) is 7.14. The molecule has 1 aliphatic rings. The number of ether oxygens (including phenoxy) is 1. The molecule has 6 heteroatoms. The Morgan fingerprint density at radius 2 is 2.11 bits per heavy atom. The second kappa shape index (κ2) is 7.67. The first-order chi connectivity index (χ1) is 12.9. The zero-order valence-electron chi connectivity index (χ0n) is 15.7. The van der Waals surface area contributed by atoms with Crippen LogP contribution in [-0.4, -0.2) is 18.6 Å². The van der Waals surface area contributed by atoms with E-state index in [-0.39, 0.29) is 24.0 Å². The third-order valence-corrected chi connectivity index (χ3v) is 4.53. The molecular weight excluding hydrogens is 343 g/mol. The van der Waals surface area contributed by atoms with Crippen LogP contribution in [0.3, 0.4) is 0 Å². The lowest BCUT2D eigenvalue weighted by molar-refractivity contribution is 0.0694. The molecule has 1 atom stereocenters. The number of aliphatic imine (C=N–C) groups is 1. The van der Waals surface area contributed by atoms with Gasteiger partial charge in [-0.2, -0.15) is 5.26 Å². The number of para-hydroxylation sites is 1. The Balaban J connectivity index is 1.74. The van der Waals surface area contributed by atoms with Crippen molar-refractivity contribution in [2.75, 3.05) is 7.05 Å². The fraction of sp³-hybridized carbons (Fsp3) is 0.333. The van der Waals surface area contributed by atoms with Crippen LogP contribution >= 0.6 is 0 Å². The van der Waals surface area contributed by atoms with Crippen LogP contribution < -0.4 is 15.4 Å². The number of nitrogens with zero attached hydrogens (tertiary/aromatic N) is 2. The maximum absolute atomic E-state index is 14.0. The maximum Gasteiger partial charge on any atom is 0.191 e. The van der Waals surface area contributed by atoms with Crippen molar-refractivity contribution in [1.29, 1.82) is 5.26 Å². The first kappa shape index (κ1) is 18.7. The van der Waals surface area contributed by atoms with E-state index in [0.717, 1.165) is 17.7 Å². The average molecular weight is 366 g/mol. The molecule has 1 aliphatic heterocycles. The van der Waals surface area contributed by atoms with Crippen molar-refractivity contribution in [3.8, 4) is 11.8 Å². The Morgan fingerprint density at radius 1 is 1.33 bits per heavy atom. The van der Waals surface area contributed by atoms with Crippen molar-refractivity contribution in [3.05, 3.63) is 65.0 Å². The lowest BCUT2D eigenvalue weighted by Crippen LogP contribution is -2.45. The smallest absolute Gasteiger partial charge is 0.191 e. The predicted octanol–water partition coefficient (Wildman–Crippen LogP) is 3.66. The second-order valence-corrected chi connectivity index (χ2v) is 7.14. The highest BCUT2D eigenvalue weighted by molar-refractivity contribution is 5.80. The van der Waals surface area contributed by atoms with Crippen molar-refractivity contribution in [2.45, 2.75) is 38.5 Å². The Morgan fingerprint density at radius 3 is 2.85 bits per heavy atom. The van der Waals surface area contributed by atoms with Crippen LogP contribution in [0.2, 0.25) is 0 Å². The zero-order chi connectivity index (χ0) is 19.4. The molecule has 27 heavy (non-hydrogen) atoms. The molecule has 0 saturated carbocycles. The van der Waals surface area contributed by atoms with Gasteiger partial charge >= 0.3 is 0 Å². The van der Waals surface area contributed by atoms with Crippen molar-refractivity contribution >= 4 is 5.96 Å². The maximum atomic E-state index is 14.0.